The molecule has 4 aromatic rings. The van der Waals surface area contributed by atoms with Crippen LogP contribution in [0.25, 0.3) is 0 Å². The van der Waals surface area contributed by atoms with Crippen LogP contribution < -0.4 is 15.4 Å². The van der Waals surface area contributed by atoms with E-state index >= 15 is 0 Å². The van der Waals surface area contributed by atoms with E-state index in [0.29, 0.717) is 10.6 Å². The number of carbonyl (C=O) groups is 3. The van der Waals surface area contributed by atoms with Crippen molar-refractivity contribution in [2.75, 3.05) is 5.01 Å². The molecule has 4 aromatic carbocycles. The highest BCUT2D eigenvalue weighted by molar-refractivity contribution is 6.80. The number of halogens is 2. The summed E-state index contributed by atoms with van der Waals surface area (Å²) in [5.74, 6) is -1.78. The SMILES string of the molecule is CC(=O)N(c1ccc(Cl)c(C(O[SiH](c2ccccc2)c2ccccc2)C(C)(C)C)c1Cl)N1C(=O)c2ccccc2C1=O. The summed E-state index contributed by atoms with van der Waals surface area (Å²) in [5, 5.41) is 4.50. The fourth-order valence-electron chi connectivity index (χ4n) is 5.18. The summed E-state index contributed by atoms with van der Waals surface area (Å²) in [6.07, 6.45) is -0.606. The third-order valence-electron chi connectivity index (χ3n) is 7.13. The van der Waals surface area contributed by atoms with E-state index < -0.39 is 38.3 Å². The minimum Gasteiger partial charge on any atom is -0.403 e. The van der Waals surface area contributed by atoms with Crippen LogP contribution in [0.2, 0.25) is 10.0 Å². The molecule has 3 amide bonds. The Balaban J connectivity index is 1.63. The van der Waals surface area contributed by atoms with Crippen LogP contribution >= 0.6 is 23.2 Å². The van der Waals surface area contributed by atoms with Crippen LogP contribution in [0, 0.1) is 5.41 Å². The third-order valence-corrected chi connectivity index (χ3v) is 10.4. The second-order valence-electron chi connectivity index (χ2n) is 11.2. The van der Waals surface area contributed by atoms with Gasteiger partial charge in [0.25, 0.3) is 11.8 Å². The third kappa shape index (κ3) is 5.53. The van der Waals surface area contributed by atoms with Crippen molar-refractivity contribution in [2.24, 2.45) is 5.41 Å². The maximum absolute atomic E-state index is 13.4. The summed E-state index contributed by atoms with van der Waals surface area (Å²) in [6.45, 7) is 7.38. The molecule has 1 aliphatic heterocycles. The van der Waals surface area contributed by atoms with Gasteiger partial charge in [-0.2, -0.15) is 5.01 Å². The molecule has 0 radical (unpaired) electrons. The predicted molar refractivity (Wildman–Crippen MR) is 169 cm³/mol. The zero-order valence-corrected chi connectivity index (χ0v) is 26.3. The van der Waals surface area contributed by atoms with Crippen molar-refractivity contribution in [3.05, 3.63) is 124 Å². The van der Waals surface area contributed by atoms with Gasteiger partial charge in [-0.15, -0.1) is 0 Å². The van der Waals surface area contributed by atoms with Gasteiger partial charge < -0.3 is 4.43 Å². The Kier molecular flexibility index (Phi) is 8.39. The highest BCUT2D eigenvalue weighted by Gasteiger charge is 2.43. The van der Waals surface area contributed by atoms with Gasteiger partial charge in [-0.25, -0.2) is 5.01 Å². The molecule has 0 bridgehead atoms. The quantitative estimate of drug-likeness (QED) is 0.183. The van der Waals surface area contributed by atoms with E-state index in [1.54, 1.807) is 36.4 Å². The van der Waals surface area contributed by atoms with Crippen LogP contribution in [-0.2, 0) is 9.22 Å². The number of benzene rings is 4. The lowest BCUT2D eigenvalue weighted by atomic mass is 9.84. The zero-order chi connectivity index (χ0) is 30.2. The first-order chi connectivity index (χ1) is 20.0. The largest absolute Gasteiger partial charge is 0.403 e. The maximum atomic E-state index is 13.4. The Morgan fingerprint density at radius 3 is 1.71 bits per heavy atom. The molecule has 0 spiro atoms. The van der Waals surface area contributed by atoms with Crippen LogP contribution in [0.4, 0.5) is 5.69 Å². The number of amides is 3. The number of imide groups is 1. The smallest absolute Gasteiger partial charge is 0.281 e. The second kappa shape index (κ2) is 11.9. The Hall–Kier alpha value is -3.75. The van der Waals surface area contributed by atoms with Gasteiger partial charge in [0.05, 0.1) is 27.9 Å². The van der Waals surface area contributed by atoms with Crippen LogP contribution in [0.15, 0.2) is 97.1 Å². The summed E-state index contributed by atoms with van der Waals surface area (Å²) in [5.41, 5.74) is 0.588. The normalized spacial score (nSPS) is 13.8. The number of hydrogen-bond donors (Lipinski definition) is 0. The van der Waals surface area contributed by atoms with Gasteiger partial charge in [-0.05, 0) is 40.1 Å². The average Bonchev–Trinajstić information content (AvgIpc) is 3.21. The van der Waals surface area contributed by atoms with Crippen molar-refractivity contribution in [1.29, 1.82) is 0 Å². The Morgan fingerprint density at radius 1 is 0.786 bits per heavy atom. The fourth-order valence-corrected chi connectivity index (χ4v) is 8.49. The lowest BCUT2D eigenvalue weighted by Gasteiger charge is -2.37. The average molecular weight is 618 g/mol. The molecule has 0 N–H and O–H groups in total. The molecule has 9 heteroatoms. The molecule has 1 unspecified atom stereocenters. The van der Waals surface area contributed by atoms with Crippen molar-refractivity contribution >= 4 is 66.0 Å². The number of carbonyl (C=O) groups excluding carboxylic acids is 3. The number of hydrogen-bond acceptors (Lipinski definition) is 4. The molecule has 0 aliphatic carbocycles. The van der Waals surface area contributed by atoms with Crippen LogP contribution in [0.5, 0.6) is 0 Å². The molecule has 1 aliphatic rings. The second-order valence-corrected chi connectivity index (χ2v) is 14.3. The van der Waals surface area contributed by atoms with E-state index in [-0.39, 0.29) is 21.8 Å². The van der Waals surface area contributed by atoms with Gasteiger partial charge in [-0.3, -0.25) is 14.4 Å². The Labute approximate surface area is 257 Å². The Morgan fingerprint density at radius 2 is 1.26 bits per heavy atom. The predicted octanol–water partition coefficient (Wildman–Crippen LogP) is 6.20. The van der Waals surface area contributed by atoms with Gasteiger partial charge in [0.15, 0.2) is 0 Å². The fraction of sp³-hybridized carbons (Fsp3) is 0.182. The van der Waals surface area contributed by atoms with E-state index in [4.69, 9.17) is 27.6 Å². The first-order valence-electron chi connectivity index (χ1n) is 13.5. The van der Waals surface area contributed by atoms with E-state index in [9.17, 15) is 14.4 Å². The summed E-state index contributed by atoms with van der Waals surface area (Å²) in [7, 11) is -2.28. The zero-order valence-electron chi connectivity index (χ0n) is 23.7. The lowest BCUT2D eigenvalue weighted by molar-refractivity contribution is -0.118. The first-order valence-corrected chi connectivity index (χ1v) is 15.9. The number of fused-ring (bicyclic) bond motifs is 1. The molecular weight excluding hydrogens is 587 g/mol. The molecular formula is C33H30Cl2N2O4Si. The molecule has 1 heterocycles. The van der Waals surface area contributed by atoms with Crippen molar-refractivity contribution in [1.82, 2.24) is 5.01 Å². The highest BCUT2D eigenvalue weighted by atomic mass is 35.5. The molecule has 0 saturated heterocycles. The summed E-state index contributed by atoms with van der Waals surface area (Å²) < 4.78 is 7.07. The lowest BCUT2D eigenvalue weighted by Crippen LogP contribution is -2.49. The molecule has 5 rings (SSSR count). The number of anilines is 1. The summed E-state index contributed by atoms with van der Waals surface area (Å²) in [4.78, 5) is 39.8. The minimum atomic E-state index is -2.28. The summed E-state index contributed by atoms with van der Waals surface area (Å²) >= 11 is 14.0. The van der Waals surface area contributed by atoms with E-state index in [1.807, 2.05) is 57.2 Å². The topological polar surface area (TPSA) is 66.9 Å². The molecule has 0 fully saturated rings. The number of nitrogens with zero attached hydrogens (tertiary/aromatic N) is 2. The summed E-state index contributed by atoms with van der Waals surface area (Å²) in [6, 6.07) is 29.7. The molecule has 214 valence electrons. The standard InChI is InChI=1S/C33H30Cl2N2O4Si/c1-21(38)36(37-31(39)24-17-11-12-18-25(24)32(37)40)27-20-19-26(34)28(29(27)35)30(33(2,3)4)41-42(22-13-7-5-8-14-22)23-15-9-6-10-16-23/h5-20,30,42H,1-4H3. The van der Waals surface area contributed by atoms with Crippen molar-refractivity contribution in [3.8, 4) is 0 Å². The van der Waals surface area contributed by atoms with Crippen molar-refractivity contribution in [3.63, 3.8) is 0 Å². The van der Waals surface area contributed by atoms with Gasteiger partial charge in [-0.1, -0.05) is 117 Å². The van der Waals surface area contributed by atoms with Crippen LogP contribution in [-0.4, -0.2) is 31.8 Å². The molecule has 6 nitrogen and oxygen atoms in total. The van der Waals surface area contributed by atoms with Crippen LogP contribution in [0.1, 0.15) is 60.1 Å². The van der Waals surface area contributed by atoms with Gasteiger partial charge in [0, 0.05) is 17.5 Å². The number of hydrazine groups is 1. The van der Waals surface area contributed by atoms with Gasteiger partial charge >= 0.3 is 0 Å². The van der Waals surface area contributed by atoms with Gasteiger partial charge in [0.2, 0.25) is 14.9 Å². The van der Waals surface area contributed by atoms with Crippen LogP contribution in [0.3, 0.4) is 0 Å². The Bertz CT molecular complexity index is 1580. The highest BCUT2D eigenvalue weighted by Crippen LogP contribution is 2.47. The molecule has 42 heavy (non-hydrogen) atoms. The minimum absolute atomic E-state index is 0.128. The van der Waals surface area contributed by atoms with Gasteiger partial charge in [0.1, 0.15) is 0 Å². The van der Waals surface area contributed by atoms with Crippen molar-refractivity contribution in [2.45, 2.75) is 33.8 Å². The van der Waals surface area contributed by atoms with E-state index in [2.05, 4.69) is 24.3 Å². The van der Waals surface area contributed by atoms with Crippen molar-refractivity contribution < 1.29 is 18.8 Å². The van der Waals surface area contributed by atoms with E-state index in [0.717, 1.165) is 20.4 Å². The van der Waals surface area contributed by atoms with E-state index in [1.165, 1.54) is 6.92 Å². The molecule has 0 aromatic heterocycles. The molecule has 0 saturated carbocycles. The maximum Gasteiger partial charge on any atom is 0.281 e. The first kappa shape index (κ1) is 29.7. The number of rotatable bonds is 7. The molecule has 1 atom stereocenters. The monoisotopic (exact) mass is 616 g/mol.